The van der Waals surface area contributed by atoms with E-state index >= 15 is 0 Å². The molecular weight excluding hydrogens is 254 g/mol. The third-order valence-corrected chi connectivity index (χ3v) is 3.46. The summed E-state index contributed by atoms with van der Waals surface area (Å²) in [6.07, 6.45) is 1.18. The molecule has 0 radical (unpaired) electrons. The third kappa shape index (κ3) is 3.50. The fraction of sp³-hybridized carbons (Fsp3) is 0.467. The monoisotopic (exact) mass is 275 g/mol. The molecule has 1 heterocycles. The fourth-order valence-corrected chi connectivity index (χ4v) is 2.32. The number of rotatable bonds is 4. The van der Waals surface area contributed by atoms with E-state index in [2.05, 4.69) is 16.0 Å². The number of carbonyl (C=O) groups excluding carboxylic acids is 2. The van der Waals surface area contributed by atoms with Crippen molar-refractivity contribution in [1.29, 1.82) is 0 Å². The predicted octanol–water partition coefficient (Wildman–Crippen LogP) is 1.44. The molecule has 0 aromatic heterocycles. The van der Waals surface area contributed by atoms with Gasteiger partial charge in [-0.1, -0.05) is 0 Å². The van der Waals surface area contributed by atoms with Crippen LogP contribution in [0.2, 0.25) is 0 Å². The lowest BCUT2D eigenvalue weighted by Crippen LogP contribution is -2.47. The SMILES string of the molecule is CCNc1ccc(C(=O)NC2CCC(=O)NC2)cc1C. The summed E-state index contributed by atoms with van der Waals surface area (Å²) in [5.41, 5.74) is 2.76. The van der Waals surface area contributed by atoms with Crippen molar-refractivity contribution in [2.24, 2.45) is 0 Å². The maximum absolute atomic E-state index is 12.2. The smallest absolute Gasteiger partial charge is 0.251 e. The summed E-state index contributed by atoms with van der Waals surface area (Å²) in [5.74, 6) is -0.0290. The van der Waals surface area contributed by atoms with Crippen LogP contribution in [0.15, 0.2) is 18.2 Å². The summed E-state index contributed by atoms with van der Waals surface area (Å²) in [5, 5.41) is 8.97. The lowest BCUT2D eigenvalue weighted by Gasteiger charge is -2.23. The van der Waals surface area contributed by atoms with Crippen LogP contribution in [-0.4, -0.2) is 30.9 Å². The van der Waals surface area contributed by atoms with E-state index in [9.17, 15) is 9.59 Å². The van der Waals surface area contributed by atoms with Gasteiger partial charge in [-0.15, -0.1) is 0 Å². The fourth-order valence-electron chi connectivity index (χ4n) is 2.32. The average molecular weight is 275 g/mol. The van der Waals surface area contributed by atoms with Crippen molar-refractivity contribution in [3.63, 3.8) is 0 Å². The first-order valence-electron chi connectivity index (χ1n) is 7.02. The summed E-state index contributed by atoms with van der Waals surface area (Å²) in [4.78, 5) is 23.2. The van der Waals surface area contributed by atoms with Crippen LogP contribution >= 0.6 is 0 Å². The van der Waals surface area contributed by atoms with E-state index in [1.165, 1.54) is 0 Å². The van der Waals surface area contributed by atoms with Crippen LogP contribution < -0.4 is 16.0 Å². The van der Waals surface area contributed by atoms with E-state index in [4.69, 9.17) is 0 Å². The van der Waals surface area contributed by atoms with Gasteiger partial charge < -0.3 is 16.0 Å². The number of hydrogen-bond acceptors (Lipinski definition) is 3. The molecule has 0 spiro atoms. The highest BCUT2D eigenvalue weighted by Crippen LogP contribution is 2.16. The summed E-state index contributed by atoms with van der Waals surface area (Å²) in [6, 6.07) is 5.65. The average Bonchev–Trinajstić information content (AvgIpc) is 2.44. The Labute approximate surface area is 119 Å². The van der Waals surface area contributed by atoms with Crippen LogP contribution in [0.4, 0.5) is 5.69 Å². The third-order valence-electron chi connectivity index (χ3n) is 3.46. The molecule has 1 saturated heterocycles. The van der Waals surface area contributed by atoms with E-state index in [-0.39, 0.29) is 17.9 Å². The minimum absolute atomic E-state index is 0.0222. The maximum atomic E-state index is 12.2. The summed E-state index contributed by atoms with van der Waals surface area (Å²) < 4.78 is 0. The molecule has 1 aliphatic heterocycles. The minimum Gasteiger partial charge on any atom is -0.385 e. The van der Waals surface area contributed by atoms with E-state index in [0.717, 1.165) is 17.8 Å². The van der Waals surface area contributed by atoms with Gasteiger partial charge in [-0.3, -0.25) is 9.59 Å². The molecule has 5 nitrogen and oxygen atoms in total. The van der Waals surface area contributed by atoms with E-state index < -0.39 is 0 Å². The Balaban J connectivity index is 1.98. The van der Waals surface area contributed by atoms with E-state index in [0.29, 0.717) is 24.9 Å². The van der Waals surface area contributed by atoms with Gasteiger partial charge in [-0.05, 0) is 44.0 Å². The molecule has 20 heavy (non-hydrogen) atoms. The molecule has 2 rings (SSSR count). The lowest BCUT2D eigenvalue weighted by molar-refractivity contribution is -0.122. The van der Waals surface area contributed by atoms with Gasteiger partial charge in [-0.2, -0.15) is 0 Å². The number of anilines is 1. The molecule has 1 atom stereocenters. The first-order valence-corrected chi connectivity index (χ1v) is 7.02. The quantitative estimate of drug-likeness (QED) is 0.778. The van der Waals surface area contributed by atoms with Gasteiger partial charge in [0.25, 0.3) is 5.91 Å². The zero-order valence-corrected chi connectivity index (χ0v) is 12.0. The van der Waals surface area contributed by atoms with Crippen LogP contribution in [0.1, 0.15) is 35.7 Å². The Bertz CT molecular complexity index is 504. The minimum atomic E-state index is -0.0858. The van der Waals surface area contributed by atoms with Crippen LogP contribution in [0.3, 0.4) is 0 Å². The molecule has 108 valence electrons. The first kappa shape index (κ1) is 14.4. The Kier molecular flexibility index (Phi) is 4.61. The molecule has 3 N–H and O–H groups in total. The topological polar surface area (TPSA) is 70.2 Å². The highest BCUT2D eigenvalue weighted by atomic mass is 16.2. The van der Waals surface area contributed by atoms with Crippen LogP contribution in [0.25, 0.3) is 0 Å². The van der Waals surface area contributed by atoms with Gasteiger partial charge in [0.2, 0.25) is 5.91 Å². The zero-order valence-electron chi connectivity index (χ0n) is 12.0. The number of amides is 2. The number of aryl methyl sites for hydroxylation is 1. The van der Waals surface area contributed by atoms with Gasteiger partial charge in [-0.25, -0.2) is 0 Å². The normalized spacial score (nSPS) is 18.3. The van der Waals surface area contributed by atoms with Crippen molar-refractivity contribution in [2.75, 3.05) is 18.4 Å². The molecule has 1 fully saturated rings. The first-order chi connectivity index (χ1) is 9.60. The van der Waals surface area contributed by atoms with Crippen molar-refractivity contribution in [2.45, 2.75) is 32.7 Å². The number of hydrogen-bond donors (Lipinski definition) is 3. The second kappa shape index (κ2) is 6.41. The Morgan fingerprint density at radius 1 is 1.45 bits per heavy atom. The molecule has 0 aliphatic carbocycles. The molecule has 1 aromatic carbocycles. The van der Waals surface area contributed by atoms with Crippen molar-refractivity contribution in [3.05, 3.63) is 29.3 Å². The van der Waals surface area contributed by atoms with Crippen molar-refractivity contribution in [3.8, 4) is 0 Å². The standard InChI is InChI=1S/C15H21N3O2/c1-3-16-13-6-4-11(8-10(13)2)15(20)18-12-5-7-14(19)17-9-12/h4,6,8,12,16H,3,5,7,9H2,1-2H3,(H,17,19)(H,18,20). The van der Waals surface area contributed by atoms with Gasteiger partial charge in [0, 0.05) is 36.8 Å². The van der Waals surface area contributed by atoms with E-state index in [1.54, 1.807) is 0 Å². The molecule has 0 bridgehead atoms. The molecule has 5 heteroatoms. The van der Waals surface area contributed by atoms with Gasteiger partial charge in [0.05, 0.1) is 0 Å². The number of nitrogens with one attached hydrogen (secondary N) is 3. The number of carbonyl (C=O) groups is 2. The molecule has 1 unspecified atom stereocenters. The Morgan fingerprint density at radius 2 is 2.25 bits per heavy atom. The number of piperidine rings is 1. The van der Waals surface area contributed by atoms with Gasteiger partial charge in [0.15, 0.2) is 0 Å². The van der Waals surface area contributed by atoms with Crippen molar-refractivity contribution < 1.29 is 9.59 Å². The largest absolute Gasteiger partial charge is 0.385 e. The molecule has 0 saturated carbocycles. The maximum Gasteiger partial charge on any atom is 0.251 e. The second-order valence-electron chi connectivity index (χ2n) is 5.07. The summed E-state index contributed by atoms with van der Waals surface area (Å²) in [7, 11) is 0. The summed E-state index contributed by atoms with van der Waals surface area (Å²) in [6.45, 7) is 5.39. The van der Waals surface area contributed by atoms with Crippen molar-refractivity contribution in [1.82, 2.24) is 10.6 Å². The zero-order chi connectivity index (χ0) is 14.5. The second-order valence-corrected chi connectivity index (χ2v) is 5.07. The Morgan fingerprint density at radius 3 is 2.85 bits per heavy atom. The molecule has 1 aromatic rings. The van der Waals surface area contributed by atoms with E-state index in [1.807, 2.05) is 32.0 Å². The van der Waals surface area contributed by atoms with Crippen LogP contribution in [0.5, 0.6) is 0 Å². The van der Waals surface area contributed by atoms with Crippen LogP contribution in [-0.2, 0) is 4.79 Å². The van der Waals surface area contributed by atoms with Gasteiger partial charge >= 0.3 is 0 Å². The highest BCUT2D eigenvalue weighted by Gasteiger charge is 2.20. The highest BCUT2D eigenvalue weighted by molar-refractivity contribution is 5.95. The van der Waals surface area contributed by atoms with Crippen LogP contribution in [0, 0.1) is 6.92 Å². The number of benzene rings is 1. The predicted molar refractivity (Wildman–Crippen MR) is 78.8 cm³/mol. The lowest BCUT2D eigenvalue weighted by atomic mass is 10.1. The summed E-state index contributed by atoms with van der Waals surface area (Å²) >= 11 is 0. The molecular formula is C15H21N3O2. The molecule has 2 amide bonds. The van der Waals surface area contributed by atoms with Gasteiger partial charge in [0.1, 0.15) is 0 Å². The molecule has 1 aliphatic rings. The Hall–Kier alpha value is -2.04. The van der Waals surface area contributed by atoms with Crippen molar-refractivity contribution >= 4 is 17.5 Å².